The van der Waals surface area contributed by atoms with Gasteiger partial charge in [-0.15, -0.1) is 0 Å². The lowest BCUT2D eigenvalue weighted by atomic mass is 10.1. The Labute approximate surface area is 116 Å². The lowest BCUT2D eigenvalue weighted by molar-refractivity contribution is -0.121. The van der Waals surface area contributed by atoms with Crippen LogP contribution in [0.3, 0.4) is 0 Å². The number of carbonyl (C=O) groups excluding carboxylic acids is 2. The van der Waals surface area contributed by atoms with E-state index in [1.54, 1.807) is 0 Å². The van der Waals surface area contributed by atoms with Gasteiger partial charge >= 0.3 is 5.97 Å². The summed E-state index contributed by atoms with van der Waals surface area (Å²) in [5.74, 6) is -2.15. The minimum absolute atomic E-state index is 0.0477. The van der Waals surface area contributed by atoms with Crippen LogP contribution in [0.25, 0.3) is 0 Å². The molecular formula is C13H17N3O4. The van der Waals surface area contributed by atoms with Gasteiger partial charge in [0.2, 0.25) is 5.91 Å². The van der Waals surface area contributed by atoms with E-state index in [-0.39, 0.29) is 29.4 Å². The number of amides is 2. The molecule has 0 radical (unpaired) electrons. The summed E-state index contributed by atoms with van der Waals surface area (Å²) in [6, 6.07) is 4.08. The van der Waals surface area contributed by atoms with Gasteiger partial charge in [-0.3, -0.25) is 9.59 Å². The highest BCUT2D eigenvalue weighted by molar-refractivity contribution is 5.96. The van der Waals surface area contributed by atoms with E-state index in [2.05, 4.69) is 15.6 Å². The largest absolute Gasteiger partial charge is 0.477 e. The molecule has 0 aliphatic carbocycles. The Morgan fingerprint density at radius 3 is 2.35 bits per heavy atom. The monoisotopic (exact) mass is 279 g/mol. The average molecular weight is 279 g/mol. The highest BCUT2D eigenvalue weighted by Gasteiger charge is 2.16. The molecule has 0 fully saturated rings. The number of pyridine rings is 1. The van der Waals surface area contributed by atoms with Crippen molar-refractivity contribution in [2.75, 3.05) is 6.54 Å². The van der Waals surface area contributed by atoms with Crippen molar-refractivity contribution in [3.8, 4) is 0 Å². The van der Waals surface area contributed by atoms with Crippen molar-refractivity contribution in [1.29, 1.82) is 0 Å². The van der Waals surface area contributed by atoms with Gasteiger partial charge in [-0.1, -0.05) is 6.07 Å². The van der Waals surface area contributed by atoms with Gasteiger partial charge in [0.15, 0.2) is 0 Å². The van der Waals surface area contributed by atoms with Crippen molar-refractivity contribution in [2.45, 2.75) is 26.3 Å². The van der Waals surface area contributed by atoms with Gasteiger partial charge in [-0.05, 0) is 32.9 Å². The molecule has 0 atom stereocenters. The predicted octanol–water partition coefficient (Wildman–Crippen LogP) is 0.424. The number of hydrogen-bond acceptors (Lipinski definition) is 4. The third kappa shape index (κ3) is 5.05. The zero-order valence-electron chi connectivity index (χ0n) is 11.6. The Balaban J connectivity index is 2.61. The topological polar surface area (TPSA) is 108 Å². The third-order valence-corrected chi connectivity index (χ3v) is 2.12. The zero-order valence-corrected chi connectivity index (χ0v) is 11.6. The number of aromatic nitrogens is 1. The van der Waals surface area contributed by atoms with E-state index in [1.807, 2.05) is 20.8 Å². The number of nitrogens with zero attached hydrogens (tertiary/aromatic N) is 1. The van der Waals surface area contributed by atoms with Crippen LogP contribution in [0, 0.1) is 0 Å². The molecule has 108 valence electrons. The number of carboxylic acid groups (broad SMARTS) is 1. The molecule has 1 heterocycles. The fourth-order valence-electron chi connectivity index (χ4n) is 1.39. The average Bonchev–Trinajstić information content (AvgIpc) is 2.34. The normalized spacial score (nSPS) is 10.8. The Kier molecular flexibility index (Phi) is 4.79. The molecule has 3 N–H and O–H groups in total. The molecule has 0 unspecified atom stereocenters. The predicted molar refractivity (Wildman–Crippen MR) is 71.4 cm³/mol. The van der Waals surface area contributed by atoms with Gasteiger partial charge in [-0.25, -0.2) is 9.78 Å². The van der Waals surface area contributed by atoms with E-state index in [1.165, 1.54) is 18.2 Å². The SMILES string of the molecule is CC(C)(C)NC(=O)CNC(=O)c1cccc(C(=O)O)n1. The molecule has 1 rings (SSSR count). The van der Waals surface area contributed by atoms with Crippen LogP contribution in [0.1, 0.15) is 41.7 Å². The maximum absolute atomic E-state index is 11.7. The van der Waals surface area contributed by atoms with Crippen molar-refractivity contribution >= 4 is 17.8 Å². The molecule has 1 aromatic rings. The Hall–Kier alpha value is -2.44. The summed E-state index contributed by atoms with van der Waals surface area (Å²) in [5, 5.41) is 13.8. The second-order valence-electron chi connectivity index (χ2n) is 5.19. The molecular weight excluding hydrogens is 262 g/mol. The van der Waals surface area contributed by atoms with E-state index in [4.69, 9.17) is 5.11 Å². The van der Waals surface area contributed by atoms with Crippen LogP contribution in [0.2, 0.25) is 0 Å². The second kappa shape index (κ2) is 6.14. The number of carbonyl (C=O) groups is 3. The van der Waals surface area contributed by atoms with Crippen LogP contribution >= 0.6 is 0 Å². The molecule has 0 saturated heterocycles. The molecule has 20 heavy (non-hydrogen) atoms. The van der Waals surface area contributed by atoms with Crippen molar-refractivity contribution in [3.05, 3.63) is 29.6 Å². The standard InChI is InChI=1S/C13H17N3O4/c1-13(2,3)16-10(17)7-14-11(18)8-5-4-6-9(15-8)12(19)20/h4-6H,7H2,1-3H3,(H,14,18)(H,16,17)(H,19,20). The van der Waals surface area contributed by atoms with E-state index in [9.17, 15) is 14.4 Å². The van der Waals surface area contributed by atoms with Gasteiger partial charge in [-0.2, -0.15) is 0 Å². The molecule has 7 nitrogen and oxygen atoms in total. The van der Waals surface area contributed by atoms with Gasteiger partial charge in [0.1, 0.15) is 11.4 Å². The highest BCUT2D eigenvalue weighted by Crippen LogP contribution is 2.00. The molecule has 0 aliphatic heterocycles. The van der Waals surface area contributed by atoms with Crippen molar-refractivity contribution in [2.24, 2.45) is 0 Å². The Morgan fingerprint density at radius 1 is 1.20 bits per heavy atom. The molecule has 0 saturated carbocycles. The second-order valence-corrected chi connectivity index (χ2v) is 5.19. The molecule has 0 aromatic carbocycles. The van der Waals surface area contributed by atoms with Gasteiger partial charge in [0, 0.05) is 5.54 Å². The van der Waals surface area contributed by atoms with Crippen LogP contribution in [0.5, 0.6) is 0 Å². The zero-order chi connectivity index (χ0) is 15.3. The number of carboxylic acids is 1. The first-order valence-electron chi connectivity index (χ1n) is 5.98. The smallest absolute Gasteiger partial charge is 0.354 e. The minimum atomic E-state index is -1.22. The summed E-state index contributed by atoms with van der Waals surface area (Å²) in [6.45, 7) is 5.27. The minimum Gasteiger partial charge on any atom is -0.477 e. The van der Waals surface area contributed by atoms with Gasteiger partial charge in [0.25, 0.3) is 5.91 Å². The van der Waals surface area contributed by atoms with Crippen molar-refractivity contribution in [3.63, 3.8) is 0 Å². The molecule has 2 amide bonds. The summed E-state index contributed by atoms with van der Waals surface area (Å²) in [5.41, 5.74) is -0.659. The van der Waals surface area contributed by atoms with Gasteiger partial charge in [0.05, 0.1) is 6.54 Å². The van der Waals surface area contributed by atoms with E-state index in [0.717, 1.165) is 0 Å². The first-order chi connectivity index (χ1) is 9.19. The number of hydrogen-bond donors (Lipinski definition) is 3. The maximum Gasteiger partial charge on any atom is 0.354 e. The fraction of sp³-hybridized carbons (Fsp3) is 0.385. The number of aromatic carboxylic acids is 1. The summed E-state index contributed by atoms with van der Waals surface area (Å²) in [4.78, 5) is 37.7. The Morgan fingerprint density at radius 2 is 1.80 bits per heavy atom. The molecule has 0 spiro atoms. The van der Waals surface area contributed by atoms with Crippen LogP contribution in [0.4, 0.5) is 0 Å². The first kappa shape index (κ1) is 15.6. The number of rotatable bonds is 4. The Bertz CT molecular complexity index is 535. The van der Waals surface area contributed by atoms with Crippen LogP contribution in [-0.4, -0.2) is 40.0 Å². The maximum atomic E-state index is 11.7. The first-order valence-corrected chi connectivity index (χ1v) is 5.98. The van der Waals surface area contributed by atoms with E-state index >= 15 is 0 Å². The molecule has 7 heteroatoms. The summed E-state index contributed by atoms with van der Waals surface area (Å²) in [6.07, 6.45) is 0. The molecule has 1 aromatic heterocycles. The third-order valence-electron chi connectivity index (χ3n) is 2.12. The summed E-state index contributed by atoms with van der Waals surface area (Å²) < 4.78 is 0. The van der Waals surface area contributed by atoms with Crippen LogP contribution in [0.15, 0.2) is 18.2 Å². The quantitative estimate of drug-likeness (QED) is 0.740. The summed E-state index contributed by atoms with van der Waals surface area (Å²) >= 11 is 0. The van der Waals surface area contributed by atoms with Crippen LogP contribution < -0.4 is 10.6 Å². The lowest BCUT2D eigenvalue weighted by Crippen LogP contribution is -2.45. The molecule has 0 aliphatic rings. The molecule has 0 bridgehead atoms. The van der Waals surface area contributed by atoms with Gasteiger partial charge < -0.3 is 15.7 Å². The van der Waals surface area contributed by atoms with Crippen LogP contribution in [-0.2, 0) is 4.79 Å². The van der Waals surface area contributed by atoms with Crippen molar-refractivity contribution < 1.29 is 19.5 Å². The van der Waals surface area contributed by atoms with E-state index < -0.39 is 11.9 Å². The fourth-order valence-corrected chi connectivity index (χ4v) is 1.39. The summed E-state index contributed by atoms with van der Waals surface area (Å²) in [7, 11) is 0. The lowest BCUT2D eigenvalue weighted by Gasteiger charge is -2.20. The number of nitrogens with one attached hydrogen (secondary N) is 2. The highest BCUT2D eigenvalue weighted by atomic mass is 16.4. The van der Waals surface area contributed by atoms with Crippen molar-refractivity contribution in [1.82, 2.24) is 15.6 Å². The van der Waals surface area contributed by atoms with E-state index in [0.29, 0.717) is 0 Å².